The summed E-state index contributed by atoms with van der Waals surface area (Å²) in [6.07, 6.45) is 7.33. The fraction of sp³-hybridized carbons (Fsp3) is 0.556. The number of allylic oxidation sites excluding steroid dienone is 2. The lowest BCUT2D eigenvalue weighted by Gasteiger charge is -2.21. The molecule has 0 saturated heterocycles. The van der Waals surface area contributed by atoms with Crippen molar-refractivity contribution in [3.05, 3.63) is 42.5 Å². The highest BCUT2D eigenvalue weighted by Crippen LogP contribution is 2.24. The van der Waals surface area contributed by atoms with E-state index in [0.717, 1.165) is 0 Å². The van der Waals surface area contributed by atoms with E-state index >= 15 is 0 Å². The quantitative estimate of drug-likeness (QED) is 0.366. The summed E-state index contributed by atoms with van der Waals surface area (Å²) in [6.45, 7) is 11.8. The zero-order valence-electron chi connectivity index (χ0n) is 13.8. The zero-order valence-corrected chi connectivity index (χ0v) is 15.6. The average Bonchev–Trinajstić information content (AvgIpc) is 2.37. The molecule has 1 aromatic rings. The summed E-state index contributed by atoms with van der Waals surface area (Å²) in [7, 11) is -1.27. The van der Waals surface area contributed by atoms with E-state index in [2.05, 4.69) is 88.1 Å². The zero-order chi connectivity index (χ0) is 15.1. The summed E-state index contributed by atoms with van der Waals surface area (Å²) in [5.74, 6) is 1.27. The lowest BCUT2D eigenvalue weighted by atomic mass is 10.3. The van der Waals surface area contributed by atoms with E-state index in [1.165, 1.54) is 24.6 Å². The second kappa shape index (κ2) is 8.09. The van der Waals surface area contributed by atoms with Crippen molar-refractivity contribution in [1.82, 2.24) is 0 Å². The second-order valence-electron chi connectivity index (χ2n) is 7.03. The Hall–Kier alpha value is -0.473. The molecular weight excluding hydrogens is 276 g/mol. The van der Waals surface area contributed by atoms with Crippen LogP contribution in [-0.2, 0) is 0 Å². The van der Waals surface area contributed by atoms with E-state index in [1.54, 1.807) is 5.19 Å². The molecule has 0 aliphatic rings. The van der Waals surface area contributed by atoms with Gasteiger partial charge >= 0.3 is 0 Å². The summed E-state index contributed by atoms with van der Waals surface area (Å²) in [6, 6.07) is 12.3. The van der Waals surface area contributed by atoms with Crippen LogP contribution in [-0.4, -0.2) is 18.6 Å². The van der Waals surface area contributed by atoms with Crippen LogP contribution >= 0.6 is 11.8 Å². The molecule has 0 radical (unpaired) electrons. The highest BCUT2D eigenvalue weighted by molar-refractivity contribution is 8.00. The fourth-order valence-corrected chi connectivity index (χ4v) is 5.09. The van der Waals surface area contributed by atoms with Gasteiger partial charge in [-0.05, 0) is 24.6 Å². The molecule has 0 atom stereocenters. The van der Waals surface area contributed by atoms with Gasteiger partial charge in [0.1, 0.15) is 0 Å². The highest BCUT2D eigenvalue weighted by atomic mass is 32.2. The molecule has 0 aromatic heterocycles. The van der Waals surface area contributed by atoms with E-state index in [0.29, 0.717) is 4.75 Å². The Bertz CT molecular complexity index is 401. The normalized spacial score (nSPS) is 13.1. The monoisotopic (exact) mass is 306 g/mol. The minimum absolute atomic E-state index is 0.409. The van der Waals surface area contributed by atoms with Crippen molar-refractivity contribution in [2.75, 3.05) is 5.75 Å². The molecule has 0 spiro atoms. The van der Waals surface area contributed by atoms with Crippen LogP contribution in [0.4, 0.5) is 0 Å². The van der Waals surface area contributed by atoms with Gasteiger partial charge in [0.2, 0.25) is 0 Å². The molecule has 1 rings (SSSR count). The smallest absolute Gasteiger partial charge is 0.0843 e. The molecule has 20 heavy (non-hydrogen) atoms. The van der Waals surface area contributed by atoms with Crippen LogP contribution in [0.15, 0.2) is 42.5 Å². The summed E-state index contributed by atoms with van der Waals surface area (Å²) in [5, 5.41) is 1.56. The second-order valence-corrected chi connectivity index (χ2v) is 13.7. The molecule has 0 saturated carbocycles. The van der Waals surface area contributed by atoms with Crippen LogP contribution in [0, 0.1) is 0 Å². The summed E-state index contributed by atoms with van der Waals surface area (Å²) >= 11 is 2.07. The molecule has 112 valence electrons. The van der Waals surface area contributed by atoms with Crippen molar-refractivity contribution in [1.29, 1.82) is 0 Å². The fourth-order valence-electron chi connectivity index (χ4n) is 2.08. The molecule has 0 unspecified atom stereocenters. The van der Waals surface area contributed by atoms with Crippen molar-refractivity contribution < 1.29 is 0 Å². The largest absolute Gasteiger partial charge is 0.156 e. The standard InChI is InChI=1S/C18H30SSi/c1-18(2,3)19-15-11-6-7-12-16-20(4,5)17-13-9-8-10-14-17/h7-10,12-14H,6,11,15-16H2,1-5H3/b12-7+. The summed E-state index contributed by atoms with van der Waals surface area (Å²) in [4.78, 5) is 0. The van der Waals surface area contributed by atoms with Gasteiger partial charge in [-0.1, -0.05) is 81.5 Å². The Morgan fingerprint density at radius 2 is 1.70 bits per heavy atom. The van der Waals surface area contributed by atoms with Gasteiger partial charge in [-0.15, -0.1) is 0 Å². The van der Waals surface area contributed by atoms with Gasteiger partial charge in [0.15, 0.2) is 0 Å². The maximum Gasteiger partial charge on any atom is 0.0843 e. The molecule has 0 nitrogen and oxygen atoms in total. The third-order valence-electron chi connectivity index (χ3n) is 3.40. The van der Waals surface area contributed by atoms with Gasteiger partial charge < -0.3 is 0 Å². The van der Waals surface area contributed by atoms with Crippen LogP contribution in [0.5, 0.6) is 0 Å². The predicted molar refractivity (Wildman–Crippen MR) is 99.0 cm³/mol. The van der Waals surface area contributed by atoms with Crippen LogP contribution in [0.1, 0.15) is 33.6 Å². The Kier molecular flexibility index (Phi) is 7.11. The molecule has 0 fully saturated rings. The van der Waals surface area contributed by atoms with Crippen LogP contribution < -0.4 is 5.19 Å². The minimum Gasteiger partial charge on any atom is -0.156 e. The van der Waals surface area contributed by atoms with Gasteiger partial charge in [-0.3, -0.25) is 0 Å². The molecular formula is C18H30SSi. The average molecular weight is 307 g/mol. The van der Waals surface area contributed by atoms with Gasteiger partial charge in [0, 0.05) is 4.75 Å². The Morgan fingerprint density at radius 1 is 1.05 bits per heavy atom. The van der Waals surface area contributed by atoms with Crippen molar-refractivity contribution in [2.45, 2.75) is 57.5 Å². The maximum absolute atomic E-state index is 2.46. The van der Waals surface area contributed by atoms with E-state index in [4.69, 9.17) is 0 Å². The first-order chi connectivity index (χ1) is 9.31. The van der Waals surface area contributed by atoms with E-state index in [9.17, 15) is 0 Å². The first-order valence-electron chi connectivity index (χ1n) is 7.66. The van der Waals surface area contributed by atoms with Crippen LogP contribution in [0.3, 0.4) is 0 Å². The van der Waals surface area contributed by atoms with Crippen molar-refractivity contribution >= 4 is 25.0 Å². The molecule has 0 N–H and O–H groups in total. The minimum atomic E-state index is -1.27. The molecule has 0 amide bonds. The van der Waals surface area contributed by atoms with Crippen LogP contribution in [0.2, 0.25) is 19.1 Å². The number of rotatable bonds is 7. The van der Waals surface area contributed by atoms with Crippen LogP contribution in [0.25, 0.3) is 0 Å². The molecule has 0 aliphatic heterocycles. The van der Waals surface area contributed by atoms with E-state index < -0.39 is 8.07 Å². The number of benzene rings is 1. The maximum atomic E-state index is 2.46. The Morgan fingerprint density at radius 3 is 2.30 bits per heavy atom. The van der Waals surface area contributed by atoms with Gasteiger partial charge in [0.05, 0.1) is 8.07 Å². The van der Waals surface area contributed by atoms with Crippen molar-refractivity contribution in [3.8, 4) is 0 Å². The van der Waals surface area contributed by atoms with E-state index in [-0.39, 0.29) is 0 Å². The molecule has 1 aromatic carbocycles. The molecule has 0 aliphatic carbocycles. The van der Waals surface area contributed by atoms with Crippen molar-refractivity contribution in [2.24, 2.45) is 0 Å². The summed E-state index contributed by atoms with van der Waals surface area (Å²) < 4.78 is 0.409. The Balaban J connectivity index is 2.27. The van der Waals surface area contributed by atoms with E-state index in [1.807, 2.05) is 0 Å². The number of hydrogen-bond donors (Lipinski definition) is 0. The number of hydrogen-bond acceptors (Lipinski definition) is 1. The Labute approximate surface area is 131 Å². The molecule has 0 heterocycles. The number of unbranched alkanes of at least 4 members (excludes halogenated alkanes) is 1. The SMILES string of the molecule is CC(C)(C)SCCC/C=C/C[Si](C)(C)c1ccccc1. The summed E-state index contributed by atoms with van der Waals surface area (Å²) in [5.41, 5.74) is 0. The van der Waals surface area contributed by atoms with Gasteiger partial charge in [-0.25, -0.2) is 0 Å². The van der Waals surface area contributed by atoms with Gasteiger partial charge in [0.25, 0.3) is 0 Å². The first kappa shape index (κ1) is 17.6. The topological polar surface area (TPSA) is 0 Å². The predicted octanol–water partition coefficient (Wildman–Crippen LogP) is 5.47. The molecule has 2 heteroatoms. The lowest BCUT2D eigenvalue weighted by molar-refractivity contribution is 0.798. The first-order valence-corrected chi connectivity index (χ1v) is 11.8. The van der Waals surface area contributed by atoms with Gasteiger partial charge in [-0.2, -0.15) is 11.8 Å². The van der Waals surface area contributed by atoms with Crippen molar-refractivity contribution in [3.63, 3.8) is 0 Å². The number of thioether (sulfide) groups is 1. The lowest BCUT2D eigenvalue weighted by Crippen LogP contribution is -2.40. The third kappa shape index (κ3) is 7.35. The third-order valence-corrected chi connectivity index (χ3v) is 7.91. The highest BCUT2D eigenvalue weighted by Gasteiger charge is 2.20. The molecule has 0 bridgehead atoms.